The van der Waals surface area contributed by atoms with E-state index in [4.69, 9.17) is 4.11 Å². The summed E-state index contributed by atoms with van der Waals surface area (Å²) in [5.41, 5.74) is 5.42. The van der Waals surface area contributed by atoms with E-state index >= 15 is 0 Å². The van der Waals surface area contributed by atoms with E-state index in [1.54, 1.807) is 0 Å². The van der Waals surface area contributed by atoms with Crippen LogP contribution in [0.5, 0.6) is 0 Å². The van der Waals surface area contributed by atoms with E-state index in [-0.39, 0.29) is 69.1 Å². The van der Waals surface area contributed by atoms with E-state index in [1.807, 2.05) is 34.6 Å². The van der Waals surface area contributed by atoms with Crippen LogP contribution in [0.2, 0.25) is 0 Å². The summed E-state index contributed by atoms with van der Waals surface area (Å²) in [6.45, 7) is 16.6. The van der Waals surface area contributed by atoms with Crippen LogP contribution in [0, 0.1) is 44.0 Å². The predicted molar refractivity (Wildman–Crippen MR) is 197 cm³/mol. The Balaban J connectivity index is 0.000000361. The number of hydrogen-bond acceptors (Lipinski definition) is 4. The molecule has 0 amide bonds. The number of ketones is 1. The summed E-state index contributed by atoms with van der Waals surface area (Å²) in [4.78, 5) is 11.7. The maximum atomic E-state index is 11.7. The quantitative estimate of drug-likeness (QED) is 0.0693. The molecule has 0 unspecified atom stereocenters. The third-order valence-electron chi connectivity index (χ3n) is 8.66. The molecular weight excluding hydrogens is 824 g/mol. The summed E-state index contributed by atoms with van der Waals surface area (Å²) in [6, 6.07) is 18.5. The summed E-state index contributed by atoms with van der Waals surface area (Å²) in [5.74, 6) is 0.547. The molecule has 1 radical (unpaired) electrons. The standard InChI is InChI=1S/C28H27N2Se.C13H24O2.Ir/c1-16-11-17(2)13-21(12-16)25-27-24(18(3)29-30-25)23-10-8-20-14-19(15-28(4,5)6)7-9-22(20)26(23)31-27;1-5-10(6-2)12(14)9-13(15)11(7-3)8-4;/h7-12,14H,15H2,1-6H3;9-11,14H,5-8H2,1-4H3;/q-1;;/b;12-9-;/i3D3;;. The molecule has 0 aliphatic heterocycles. The molecule has 4 nitrogen and oxygen atoms in total. The first-order valence-corrected chi connectivity index (χ1v) is 18.3. The molecule has 2 heterocycles. The van der Waals surface area contributed by atoms with Crippen LogP contribution in [-0.2, 0) is 31.3 Å². The number of nitrogens with zero attached hydrogens (tertiary/aromatic N) is 2. The van der Waals surface area contributed by atoms with Crippen molar-refractivity contribution >= 4 is 50.4 Å². The predicted octanol–water partition coefficient (Wildman–Crippen LogP) is 10.8. The van der Waals surface area contributed by atoms with Gasteiger partial charge in [0.15, 0.2) is 5.78 Å². The van der Waals surface area contributed by atoms with Crippen molar-refractivity contribution in [2.24, 2.45) is 17.3 Å². The second kappa shape index (κ2) is 16.7. The molecule has 0 saturated heterocycles. The number of rotatable bonds is 9. The van der Waals surface area contributed by atoms with Gasteiger partial charge in [-0.3, -0.25) is 4.79 Å². The van der Waals surface area contributed by atoms with Crippen LogP contribution in [0.3, 0.4) is 0 Å². The monoisotopic (exact) mass is 879 g/mol. The van der Waals surface area contributed by atoms with Crippen LogP contribution in [0.15, 0.2) is 54.3 Å². The molecule has 2 aromatic heterocycles. The third kappa shape index (κ3) is 9.30. The summed E-state index contributed by atoms with van der Waals surface area (Å²) >= 11 is -0.0908. The Hall–Kier alpha value is -2.62. The minimum Gasteiger partial charge on any atom is 0 e. The summed E-state index contributed by atoms with van der Waals surface area (Å²) < 4.78 is 26.6. The molecule has 0 bridgehead atoms. The molecule has 0 saturated carbocycles. The van der Waals surface area contributed by atoms with Gasteiger partial charge in [-0.05, 0) is 25.7 Å². The van der Waals surface area contributed by atoms with E-state index in [2.05, 4.69) is 86.4 Å². The van der Waals surface area contributed by atoms with Crippen molar-refractivity contribution < 1.29 is 34.1 Å². The van der Waals surface area contributed by atoms with Gasteiger partial charge in [0.05, 0.1) is 5.76 Å². The van der Waals surface area contributed by atoms with E-state index in [0.717, 1.165) is 69.5 Å². The van der Waals surface area contributed by atoms with Gasteiger partial charge in [0.1, 0.15) is 0 Å². The van der Waals surface area contributed by atoms with Crippen LogP contribution in [0.4, 0.5) is 0 Å². The Morgan fingerprint density at radius 2 is 1.60 bits per heavy atom. The number of benzene rings is 3. The van der Waals surface area contributed by atoms with E-state index in [1.165, 1.54) is 26.7 Å². The summed E-state index contributed by atoms with van der Waals surface area (Å²) in [7, 11) is 0. The van der Waals surface area contributed by atoms with Crippen LogP contribution >= 0.6 is 0 Å². The first-order chi connectivity index (χ1) is 23.0. The van der Waals surface area contributed by atoms with Crippen LogP contribution in [0.25, 0.3) is 41.3 Å². The van der Waals surface area contributed by atoms with Crippen molar-refractivity contribution in [2.45, 2.75) is 101 Å². The van der Waals surface area contributed by atoms with Crippen molar-refractivity contribution in [1.82, 2.24) is 10.2 Å². The van der Waals surface area contributed by atoms with Crippen molar-refractivity contribution in [3.63, 3.8) is 0 Å². The number of hydrogen-bond donors (Lipinski definition) is 1. The molecule has 0 fully saturated rings. The first-order valence-electron chi connectivity index (χ1n) is 18.1. The third-order valence-corrected chi connectivity index (χ3v) is 11.3. The van der Waals surface area contributed by atoms with E-state index in [9.17, 15) is 9.90 Å². The second-order valence-electron chi connectivity index (χ2n) is 13.7. The van der Waals surface area contributed by atoms with Gasteiger partial charge in [-0.15, -0.1) is 0 Å². The smallest absolute Gasteiger partial charge is 0 e. The molecule has 5 aromatic rings. The number of aliphatic hydroxyl groups is 1. The maximum Gasteiger partial charge on any atom is 0 e. The molecule has 0 aliphatic carbocycles. The number of carbonyl (C=O) groups excluding carboxylic acids is 1. The Kier molecular flexibility index (Phi) is 12.1. The molecule has 1 N–H and O–H groups in total. The fraction of sp³-hybridized carbons (Fsp3) is 0.439. The maximum absolute atomic E-state index is 11.7. The largest absolute Gasteiger partial charge is 0 e. The van der Waals surface area contributed by atoms with Gasteiger partial charge >= 0.3 is 194 Å². The topological polar surface area (TPSA) is 63.1 Å². The zero-order valence-corrected chi connectivity index (χ0v) is 33.4. The van der Waals surface area contributed by atoms with Gasteiger partial charge in [-0.25, -0.2) is 0 Å². The van der Waals surface area contributed by atoms with Gasteiger partial charge in [0.2, 0.25) is 0 Å². The number of aryl methyl sites for hydroxylation is 3. The van der Waals surface area contributed by atoms with E-state index < -0.39 is 6.85 Å². The number of fused-ring (bicyclic) bond motifs is 5. The number of aliphatic hydroxyl groups excluding tert-OH is 1. The fourth-order valence-corrected chi connectivity index (χ4v) is 9.03. The number of allylic oxidation sites excluding steroid dienone is 2. The molecule has 6 heteroatoms. The van der Waals surface area contributed by atoms with Crippen LogP contribution in [-0.4, -0.2) is 35.6 Å². The minimum absolute atomic E-state index is 0. The zero-order valence-electron chi connectivity index (χ0n) is 32.3. The Labute approximate surface area is 305 Å². The number of carbonyl (C=O) groups is 1. The van der Waals surface area contributed by atoms with Gasteiger partial charge in [0, 0.05) is 38.0 Å². The first kappa shape index (κ1) is 34.2. The van der Waals surface area contributed by atoms with Gasteiger partial charge in [-0.1, -0.05) is 27.7 Å². The normalized spacial score (nSPS) is 13.3. The molecule has 47 heavy (non-hydrogen) atoms. The molecule has 3 aromatic carbocycles. The average Bonchev–Trinajstić information content (AvgIpc) is 3.40. The van der Waals surface area contributed by atoms with Gasteiger partial charge in [-0.2, -0.15) is 0 Å². The Morgan fingerprint density at radius 3 is 2.19 bits per heavy atom. The SMILES string of the molecule is CCC(CC)C(=O)/C=C(\O)C(CC)CC.[2H]C([2H])([2H])c1nnc(-c2[c-]c(C)cc(C)c2)c2[se]c3c4ccc(CC(C)(C)C)cc4ccc3c12.[Ir]. The van der Waals surface area contributed by atoms with Crippen molar-refractivity contribution in [2.75, 3.05) is 0 Å². The Morgan fingerprint density at radius 1 is 0.936 bits per heavy atom. The second-order valence-corrected chi connectivity index (χ2v) is 15.8. The summed E-state index contributed by atoms with van der Waals surface area (Å²) in [6.07, 6.45) is 5.92. The van der Waals surface area contributed by atoms with Crippen molar-refractivity contribution in [3.8, 4) is 11.3 Å². The fourth-order valence-electron chi connectivity index (χ4n) is 6.23. The number of aromatic nitrogens is 2. The Bertz CT molecular complexity index is 1960. The van der Waals surface area contributed by atoms with Crippen LogP contribution < -0.4 is 0 Å². The van der Waals surface area contributed by atoms with Gasteiger partial charge in [0.25, 0.3) is 0 Å². The summed E-state index contributed by atoms with van der Waals surface area (Å²) in [5, 5.41) is 22.6. The molecule has 253 valence electrons. The molecule has 0 aliphatic rings. The molecule has 0 atom stereocenters. The minimum atomic E-state index is -2.33. The van der Waals surface area contributed by atoms with Crippen molar-refractivity contribution in [1.29, 1.82) is 0 Å². The van der Waals surface area contributed by atoms with Crippen LogP contribution in [0.1, 0.15) is 101 Å². The molecule has 0 spiro atoms. The average molecular weight is 878 g/mol. The zero-order chi connectivity index (χ0) is 36.3. The van der Waals surface area contributed by atoms with Gasteiger partial charge < -0.3 is 5.11 Å². The molecular formula is C41H51IrN2O2Se-. The molecule has 5 rings (SSSR count). The van der Waals surface area contributed by atoms with Crippen molar-refractivity contribution in [3.05, 3.63) is 82.8 Å². The van der Waals surface area contributed by atoms with E-state index in [0.29, 0.717) is 0 Å².